The highest BCUT2D eigenvalue weighted by Gasteiger charge is 2.43. The summed E-state index contributed by atoms with van der Waals surface area (Å²) in [6.07, 6.45) is 3.47. The first-order chi connectivity index (χ1) is 10.6. The Kier molecular flexibility index (Phi) is 3.75. The van der Waals surface area contributed by atoms with E-state index in [1.54, 1.807) is 0 Å². The minimum absolute atomic E-state index is 0.0306. The monoisotopic (exact) mass is 300 g/mol. The van der Waals surface area contributed by atoms with Gasteiger partial charge in [0.25, 0.3) is 5.91 Å². The number of carbonyl (C=O) groups is 2. The predicted octanol–water partition coefficient (Wildman–Crippen LogP) is 3.14. The third-order valence-electron chi connectivity index (χ3n) is 4.29. The van der Waals surface area contributed by atoms with Crippen LogP contribution in [0.15, 0.2) is 46.0 Å². The number of hydrogen-bond donors (Lipinski definition) is 2. The van der Waals surface area contributed by atoms with E-state index in [9.17, 15) is 19.8 Å². The smallest absolute Gasteiger partial charge is 0.295 e. The first kappa shape index (κ1) is 14.4. The number of phenolic OH excluding ortho intramolecular Hbond substituents is 1. The van der Waals surface area contributed by atoms with E-state index < -0.39 is 5.91 Å². The molecule has 0 saturated heterocycles. The van der Waals surface area contributed by atoms with Gasteiger partial charge in [0.1, 0.15) is 11.5 Å². The van der Waals surface area contributed by atoms with Crippen LogP contribution in [0.1, 0.15) is 36.0 Å². The molecule has 0 radical (unpaired) electrons. The molecule has 2 unspecified atom stereocenters. The standard InChI is InChI=1S/C16H16N2O4/c19-10-7-5-9(6-8-10)16(22)18-17-13-14(20)11-3-1-2-4-12(11)15(13)21/h5-8,11-12,19-20H,1-4H2. The van der Waals surface area contributed by atoms with Gasteiger partial charge in [-0.15, -0.1) is 10.2 Å². The van der Waals surface area contributed by atoms with E-state index in [2.05, 4.69) is 10.2 Å². The Morgan fingerprint density at radius 3 is 2.32 bits per heavy atom. The van der Waals surface area contributed by atoms with Crippen molar-refractivity contribution in [3.63, 3.8) is 0 Å². The van der Waals surface area contributed by atoms with E-state index >= 15 is 0 Å². The van der Waals surface area contributed by atoms with Gasteiger partial charge in [0, 0.05) is 17.4 Å². The molecule has 2 aliphatic rings. The van der Waals surface area contributed by atoms with Crippen LogP contribution >= 0.6 is 0 Å². The van der Waals surface area contributed by atoms with Crippen molar-refractivity contribution in [2.24, 2.45) is 22.1 Å². The molecule has 1 fully saturated rings. The molecule has 2 N–H and O–H groups in total. The van der Waals surface area contributed by atoms with Gasteiger partial charge in [-0.3, -0.25) is 9.59 Å². The maximum Gasteiger partial charge on any atom is 0.295 e. The Hall–Kier alpha value is -2.50. The summed E-state index contributed by atoms with van der Waals surface area (Å²) >= 11 is 0. The lowest BCUT2D eigenvalue weighted by atomic mass is 9.80. The third-order valence-corrected chi connectivity index (χ3v) is 4.29. The van der Waals surface area contributed by atoms with Crippen LogP contribution in [0.4, 0.5) is 0 Å². The summed E-state index contributed by atoms with van der Waals surface area (Å²) in [7, 11) is 0. The summed E-state index contributed by atoms with van der Waals surface area (Å²) in [4.78, 5) is 24.1. The molecule has 1 aromatic carbocycles. The van der Waals surface area contributed by atoms with Crippen LogP contribution in [-0.4, -0.2) is 21.9 Å². The fraction of sp³-hybridized carbons (Fsp3) is 0.375. The zero-order valence-corrected chi connectivity index (χ0v) is 11.9. The Morgan fingerprint density at radius 1 is 1.05 bits per heavy atom. The first-order valence-electron chi connectivity index (χ1n) is 7.30. The molecule has 6 heteroatoms. The number of nitrogens with zero attached hydrogens (tertiary/aromatic N) is 2. The Labute approximate surface area is 127 Å². The zero-order chi connectivity index (χ0) is 15.7. The maximum absolute atomic E-state index is 12.2. The van der Waals surface area contributed by atoms with Crippen LogP contribution < -0.4 is 0 Å². The first-order valence-corrected chi connectivity index (χ1v) is 7.30. The second-order valence-corrected chi connectivity index (χ2v) is 5.65. The van der Waals surface area contributed by atoms with Crippen molar-refractivity contribution in [2.75, 3.05) is 0 Å². The topological polar surface area (TPSA) is 99.3 Å². The van der Waals surface area contributed by atoms with Gasteiger partial charge in [0.15, 0.2) is 11.5 Å². The highest BCUT2D eigenvalue weighted by molar-refractivity contribution is 6.01. The van der Waals surface area contributed by atoms with Crippen LogP contribution in [0.3, 0.4) is 0 Å². The normalized spacial score (nSPS) is 24.8. The van der Waals surface area contributed by atoms with Crippen molar-refractivity contribution >= 4 is 11.7 Å². The fourth-order valence-electron chi connectivity index (χ4n) is 3.11. The van der Waals surface area contributed by atoms with Crippen LogP contribution in [0.25, 0.3) is 0 Å². The van der Waals surface area contributed by atoms with Crippen molar-refractivity contribution in [3.8, 4) is 5.75 Å². The van der Waals surface area contributed by atoms with Crippen molar-refractivity contribution < 1.29 is 19.8 Å². The summed E-state index contributed by atoms with van der Waals surface area (Å²) in [6.45, 7) is 0. The number of azo groups is 1. The number of ketones is 1. The average Bonchev–Trinajstić information content (AvgIpc) is 2.78. The molecule has 1 aromatic rings. The Balaban J connectivity index is 1.79. The van der Waals surface area contributed by atoms with E-state index in [-0.39, 0.29) is 40.4 Å². The molecule has 0 bridgehead atoms. The van der Waals surface area contributed by atoms with Gasteiger partial charge in [-0.05, 0) is 37.1 Å². The number of amides is 1. The molecule has 3 rings (SSSR count). The average molecular weight is 300 g/mol. The number of allylic oxidation sites excluding steroid dienone is 2. The number of phenols is 1. The molecule has 1 saturated carbocycles. The molecule has 22 heavy (non-hydrogen) atoms. The summed E-state index contributed by atoms with van der Waals surface area (Å²) in [5, 5.41) is 26.5. The second-order valence-electron chi connectivity index (χ2n) is 5.65. The van der Waals surface area contributed by atoms with Gasteiger partial charge < -0.3 is 10.2 Å². The van der Waals surface area contributed by atoms with Gasteiger partial charge in [-0.1, -0.05) is 12.8 Å². The number of aromatic hydroxyl groups is 1. The second kappa shape index (κ2) is 5.71. The molecule has 6 nitrogen and oxygen atoms in total. The SMILES string of the molecule is O=C(N=NC1=C(O)C2CCCCC2C1=O)c1ccc(O)cc1. The van der Waals surface area contributed by atoms with Crippen molar-refractivity contribution in [1.82, 2.24) is 0 Å². The minimum atomic E-state index is -0.622. The van der Waals surface area contributed by atoms with E-state index in [1.165, 1.54) is 24.3 Å². The lowest BCUT2D eigenvalue weighted by Crippen LogP contribution is -2.21. The van der Waals surface area contributed by atoms with E-state index in [1.807, 2.05) is 0 Å². The Morgan fingerprint density at radius 2 is 1.68 bits per heavy atom. The van der Waals surface area contributed by atoms with Crippen LogP contribution in [0.2, 0.25) is 0 Å². The molecule has 0 aliphatic heterocycles. The minimum Gasteiger partial charge on any atom is -0.510 e. The Bertz CT molecular complexity index is 676. The van der Waals surface area contributed by atoms with Crippen LogP contribution in [0.5, 0.6) is 5.75 Å². The van der Waals surface area contributed by atoms with Gasteiger partial charge in [0.2, 0.25) is 0 Å². The fourth-order valence-corrected chi connectivity index (χ4v) is 3.11. The van der Waals surface area contributed by atoms with Gasteiger partial charge in [0.05, 0.1) is 0 Å². The number of aliphatic hydroxyl groups is 1. The highest BCUT2D eigenvalue weighted by atomic mass is 16.3. The van der Waals surface area contributed by atoms with Crippen molar-refractivity contribution in [1.29, 1.82) is 0 Å². The van der Waals surface area contributed by atoms with Gasteiger partial charge >= 0.3 is 0 Å². The van der Waals surface area contributed by atoms with Gasteiger partial charge in [-0.25, -0.2) is 0 Å². The molecule has 2 aliphatic carbocycles. The summed E-state index contributed by atoms with van der Waals surface area (Å²) in [5.41, 5.74) is 0.175. The largest absolute Gasteiger partial charge is 0.510 e. The molecular formula is C16H16N2O4. The van der Waals surface area contributed by atoms with E-state index in [0.29, 0.717) is 0 Å². The summed E-state index contributed by atoms with van der Waals surface area (Å²) in [6, 6.07) is 5.58. The molecule has 0 spiro atoms. The summed E-state index contributed by atoms with van der Waals surface area (Å²) < 4.78 is 0. The number of benzene rings is 1. The molecule has 2 atom stereocenters. The van der Waals surface area contributed by atoms with Gasteiger partial charge in [-0.2, -0.15) is 0 Å². The zero-order valence-electron chi connectivity index (χ0n) is 11.9. The number of hydrogen-bond acceptors (Lipinski definition) is 5. The maximum atomic E-state index is 12.2. The molecular weight excluding hydrogens is 284 g/mol. The van der Waals surface area contributed by atoms with Crippen LogP contribution in [-0.2, 0) is 4.79 Å². The third kappa shape index (κ3) is 2.52. The van der Waals surface area contributed by atoms with Crippen molar-refractivity contribution in [3.05, 3.63) is 41.3 Å². The molecule has 0 heterocycles. The van der Waals surface area contributed by atoms with Crippen molar-refractivity contribution in [2.45, 2.75) is 25.7 Å². The molecule has 114 valence electrons. The number of aliphatic hydroxyl groups excluding tert-OH is 1. The quantitative estimate of drug-likeness (QED) is 0.819. The number of rotatable bonds is 2. The van der Waals surface area contributed by atoms with Crippen LogP contribution in [0, 0.1) is 11.8 Å². The lowest BCUT2D eigenvalue weighted by Gasteiger charge is -2.23. The molecule has 0 aromatic heterocycles. The number of carbonyl (C=O) groups excluding carboxylic acids is 2. The summed E-state index contributed by atoms with van der Waals surface area (Å²) in [5.74, 6) is -1.21. The highest BCUT2D eigenvalue weighted by Crippen LogP contribution is 2.42. The van der Waals surface area contributed by atoms with E-state index in [4.69, 9.17) is 0 Å². The predicted molar refractivity (Wildman–Crippen MR) is 77.4 cm³/mol. The number of fused-ring (bicyclic) bond motifs is 1. The molecule has 1 amide bonds. The lowest BCUT2D eigenvalue weighted by molar-refractivity contribution is -0.120. The van der Waals surface area contributed by atoms with E-state index in [0.717, 1.165) is 25.7 Å². The number of Topliss-reactive ketones (excluding diaryl/α,β-unsaturated/α-hetero) is 1.